The lowest BCUT2D eigenvalue weighted by Gasteiger charge is -2.36. The fourth-order valence-electron chi connectivity index (χ4n) is 2.59. The normalized spacial score (nSPS) is 19.6. The Morgan fingerprint density at radius 3 is 2.80 bits per heavy atom. The third kappa shape index (κ3) is 3.72. The van der Waals surface area contributed by atoms with Gasteiger partial charge in [0.25, 0.3) is 0 Å². The Morgan fingerprint density at radius 2 is 2.15 bits per heavy atom. The van der Waals surface area contributed by atoms with Gasteiger partial charge in [-0.3, -0.25) is 0 Å². The number of nitrogens with one attached hydrogen (secondary N) is 1. The van der Waals surface area contributed by atoms with Crippen molar-refractivity contribution in [3.63, 3.8) is 0 Å². The largest absolute Gasteiger partial charge is 0.497 e. The van der Waals surface area contributed by atoms with E-state index in [1.807, 2.05) is 18.2 Å². The van der Waals surface area contributed by atoms with E-state index in [0.29, 0.717) is 0 Å². The highest BCUT2D eigenvalue weighted by Crippen LogP contribution is 2.30. The van der Waals surface area contributed by atoms with E-state index in [2.05, 4.69) is 18.3 Å². The Bertz CT molecular complexity index is 416. The molecule has 0 aliphatic carbocycles. The van der Waals surface area contributed by atoms with Crippen LogP contribution in [0, 0.1) is 5.41 Å². The van der Waals surface area contributed by atoms with Crippen molar-refractivity contribution in [1.29, 1.82) is 0 Å². The second-order valence-corrected chi connectivity index (χ2v) is 5.65. The van der Waals surface area contributed by atoms with Crippen molar-refractivity contribution in [2.45, 2.75) is 25.8 Å². The summed E-state index contributed by atoms with van der Waals surface area (Å²) >= 11 is 0. The molecule has 4 heteroatoms. The quantitative estimate of drug-likeness (QED) is 0.837. The molecule has 1 aromatic carbocycles. The van der Waals surface area contributed by atoms with Crippen molar-refractivity contribution in [1.82, 2.24) is 5.32 Å². The van der Waals surface area contributed by atoms with E-state index in [-0.39, 0.29) is 18.1 Å². The molecule has 0 aromatic heterocycles. The van der Waals surface area contributed by atoms with Gasteiger partial charge in [0.1, 0.15) is 5.75 Å². The van der Waals surface area contributed by atoms with Crippen molar-refractivity contribution in [3.8, 4) is 5.75 Å². The average Bonchev–Trinajstić information content (AvgIpc) is 2.53. The standard InChI is InChI=1S/C16H25NO3/c1-13(14-4-3-5-15(10-14)19-2)17-11-16(12-18)6-8-20-9-7-16/h3-5,10,13,17-18H,6-9,11-12H2,1-2H3. The molecule has 0 saturated carbocycles. The Balaban J connectivity index is 1.94. The molecule has 1 aromatic rings. The number of methoxy groups -OCH3 is 1. The van der Waals surface area contributed by atoms with E-state index in [1.54, 1.807) is 7.11 Å². The molecule has 112 valence electrons. The number of benzene rings is 1. The smallest absolute Gasteiger partial charge is 0.119 e. The molecule has 0 bridgehead atoms. The molecule has 1 fully saturated rings. The summed E-state index contributed by atoms with van der Waals surface area (Å²) in [6, 6.07) is 8.33. The predicted octanol–water partition coefficient (Wildman–Crippen LogP) is 2.13. The minimum atomic E-state index is -0.0363. The second kappa shape index (κ2) is 7.07. The highest BCUT2D eigenvalue weighted by molar-refractivity contribution is 5.30. The molecular weight excluding hydrogens is 254 g/mol. The zero-order chi connectivity index (χ0) is 14.4. The van der Waals surface area contributed by atoms with Crippen LogP contribution in [-0.2, 0) is 4.74 Å². The Hall–Kier alpha value is -1.10. The molecule has 0 radical (unpaired) electrons. The van der Waals surface area contributed by atoms with Gasteiger partial charge in [0.05, 0.1) is 13.7 Å². The lowest BCUT2D eigenvalue weighted by atomic mass is 9.80. The molecule has 2 N–H and O–H groups in total. The maximum Gasteiger partial charge on any atom is 0.119 e. The van der Waals surface area contributed by atoms with Gasteiger partial charge in [-0.2, -0.15) is 0 Å². The van der Waals surface area contributed by atoms with Crippen LogP contribution >= 0.6 is 0 Å². The van der Waals surface area contributed by atoms with E-state index in [4.69, 9.17) is 9.47 Å². The number of aliphatic hydroxyl groups is 1. The molecule has 1 atom stereocenters. The van der Waals surface area contributed by atoms with Gasteiger partial charge in [-0.05, 0) is 37.5 Å². The van der Waals surface area contributed by atoms with Crippen molar-refractivity contribution in [2.75, 3.05) is 33.5 Å². The van der Waals surface area contributed by atoms with Crippen LogP contribution in [0.15, 0.2) is 24.3 Å². The molecule has 1 saturated heterocycles. The summed E-state index contributed by atoms with van der Waals surface area (Å²) in [6.45, 7) is 4.66. The van der Waals surface area contributed by atoms with Crippen molar-refractivity contribution in [2.24, 2.45) is 5.41 Å². The van der Waals surface area contributed by atoms with Gasteiger partial charge in [0, 0.05) is 31.2 Å². The van der Waals surface area contributed by atoms with Gasteiger partial charge in [-0.15, -0.1) is 0 Å². The number of hydrogen-bond donors (Lipinski definition) is 2. The molecular formula is C16H25NO3. The third-order valence-corrected chi connectivity index (χ3v) is 4.27. The van der Waals surface area contributed by atoms with Crippen molar-refractivity contribution in [3.05, 3.63) is 29.8 Å². The van der Waals surface area contributed by atoms with Gasteiger partial charge in [0.2, 0.25) is 0 Å². The van der Waals surface area contributed by atoms with Crippen molar-refractivity contribution < 1.29 is 14.6 Å². The summed E-state index contributed by atoms with van der Waals surface area (Å²) < 4.78 is 10.6. The zero-order valence-electron chi connectivity index (χ0n) is 12.4. The van der Waals surface area contributed by atoms with Crippen LogP contribution in [-0.4, -0.2) is 38.6 Å². The first-order valence-electron chi connectivity index (χ1n) is 7.25. The van der Waals surface area contributed by atoms with E-state index in [0.717, 1.165) is 38.3 Å². The summed E-state index contributed by atoms with van der Waals surface area (Å²) in [7, 11) is 1.68. The van der Waals surface area contributed by atoms with Gasteiger partial charge in [0.15, 0.2) is 0 Å². The van der Waals surface area contributed by atoms with Crippen LogP contribution < -0.4 is 10.1 Å². The van der Waals surface area contributed by atoms with Gasteiger partial charge < -0.3 is 19.9 Å². The van der Waals surface area contributed by atoms with Crippen molar-refractivity contribution >= 4 is 0 Å². The van der Waals surface area contributed by atoms with Crippen LogP contribution in [0.2, 0.25) is 0 Å². The van der Waals surface area contributed by atoms with E-state index in [1.165, 1.54) is 5.56 Å². The molecule has 0 amide bonds. The maximum atomic E-state index is 9.69. The summed E-state index contributed by atoms with van der Waals surface area (Å²) in [5, 5.41) is 13.2. The fourth-order valence-corrected chi connectivity index (χ4v) is 2.59. The SMILES string of the molecule is COc1cccc(C(C)NCC2(CO)CCOCC2)c1. The number of rotatable bonds is 6. The topological polar surface area (TPSA) is 50.7 Å². The Morgan fingerprint density at radius 1 is 1.40 bits per heavy atom. The highest BCUT2D eigenvalue weighted by atomic mass is 16.5. The van der Waals surface area contributed by atoms with Crippen LogP contribution in [0.1, 0.15) is 31.4 Å². The summed E-state index contributed by atoms with van der Waals surface area (Å²) in [5.41, 5.74) is 1.16. The first-order valence-corrected chi connectivity index (χ1v) is 7.25. The predicted molar refractivity (Wildman–Crippen MR) is 79.0 cm³/mol. The molecule has 0 spiro atoms. The zero-order valence-corrected chi connectivity index (χ0v) is 12.4. The third-order valence-electron chi connectivity index (χ3n) is 4.27. The number of ether oxygens (including phenoxy) is 2. The van der Waals surface area contributed by atoms with Crippen LogP contribution in [0.25, 0.3) is 0 Å². The molecule has 4 nitrogen and oxygen atoms in total. The second-order valence-electron chi connectivity index (χ2n) is 5.65. The minimum absolute atomic E-state index is 0.0363. The molecule has 1 aliphatic rings. The lowest BCUT2D eigenvalue weighted by molar-refractivity contribution is -0.0163. The highest BCUT2D eigenvalue weighted by Gasteiger charge is 2.32. The summed E-state index contributed by atoms with van der Waals surface area (Å²) in [5.74, 6) is 0.874. The van der Waals surface area contributed by atoms with Crippen LogP contribution in [0.3, 0.4) is 0 Å². The first kappa shape index (κ1) is 15.3. The average molecular weight is 279 g/mol. The van der Waals surface area contributed by atoms with E-state index >= 15 is 0 Å². The van der Waals surface area contributed by atoms with Gasteiger partial charge in [-0.1, -0.05) is 12.1 Å². The Labute approximate surface area is 121 Å². The fraction of sp³-hybridized carbons (Fsp3) is 0.625. The first-order chi connectivity index (χ1) is 9.69. The van der Waals surface area contributed by atoms with Crippen LogP contribution in [0.4, 0.5) is 0 Å². The lowest BCUT2D eigenvalue weighted by Crippen LogP contribution is -2.42. The molecule has 20 heavy (non-hydrogen) atoms. The van der Waals surface area contributed by atoms with Crippen LogP contribution in [0.5, 0.6) is 5.75 Å². The van der Waals surface area contributed by atoms with Gasteiger partial charge in [-0.25, -0.2) is 0 Å². The van der Waals surface area contributed by atoms with E-state index in [9.17, 15) is 5.11 Å². The van der Waals surface area contributed by atoms with E-state index < -0.39 is 0 Å². The molecule has 1 heterocycles. The minimum Gasteiger partial charge on any atom is -0.497 e. The molecule has 2 rings (SSSR count). The molecule has 1 aliphatic heterocycles. The number of aliphatic hydroxyl groups excluding tert-OH is 1. The maximum absolute atomic E-state index is 9.69. The summed E-state index contributed by atoms with van der Waals surface area (Å²) in [4.78, 5) is 0. The molecule has 1 unspecified atom stereocenters. The number of hydrogen-bond acceptors (Lipinski definition) is 4. The van der Waals surface area contributed by atoms with Gasteiger partial charge >= 0.3 is 0 Å². The Kier molecular flexibility index (Phi) is 5.40. The summed E-state index contributed by atoms with van der Waals surface area (Å²) in [6.07, 6.45) is 1.84. The monoisotopic (exact) mass is 279 g/mol.